The molecule has 0 heterocycles. The monoisotopic (exact) mass is 739 g/mol. The number of methoxy groups -OCH3 is 1. The molecule has 11 heteroatoms. The van der Waals surface area contributed by atoms with Gasteiger partial charge in [0, 0.05) is 25.9 Å². The van der Waals surface area contributed by atoms with Gasteiger partial charge in [0.1, 0.15) is 0 Å². The summed E-state index contributed by atoms with van der Waals surface area (Å²) >= 11 is 0. The fourth-order valence-electron chi connectivity index (χ4n) is 3.40. The molecule has 0 saturated carbocycles. The predicted molar refractivity (Wildman–Crippen MR) is 124 cm³/mol. The van der Waals surface area contributed by atoms with E-state index in [1.54, 1.807) is 6.07 Å². The van der Waals surface area contributed by atoms with Crippen LogP contribution < -0.4 is 9.47 Å². The van der Waals surface area contributed by atoms with Gasteiger partial charge in [-0.2, -0.15) is 0 Å². The third-order valence-electron chi connectivity index (χ3n) is 4.94. The second-order valence-corrected chi connectivity index (χ2v) is 13.3. The fourth-order valence-corrected chi connectivity index (χ4v) is 7.01. The van der Waals surface area contributed by atoms with Crippen molar-refractivity contribution in [2.75, 3.05) is 40.1 Å². The topological polar surface area (TPSA) is 98.5 Å². The standard InChI is InChI=1S/C22H38NO8Si.Rf/c1-7-13-28-22-17-20(23(24)25)19(16-21(22)26-6)18(5)27-14-11-12-15-32(29-8-2,30-9-3)31-10-4;/h16-18H,1,7-15H2,2-6H3;. The van der Waals surface area contributed by atoms with Crippen molar-refractivity contribution in [2.24, 2.45) is 0 Å². The summed E-state index contributed by atoms with van der Waals surface area (Å²) in [7, 11) is -1.13. The Kier molecular flexibility index (Phi) is 13.0. The van der Waals surface area contributed by atoms with Gasteiger partial charge in [0.15, 0.2) is 0 Å². The molecule has 1 aromatic carbocycles. The van der Waals surface area contributed by atoms with Crippen LogP contribution in [0.15, 0.2) is 12.1 Å². The number of nitro groups is 1. The van der Waals surface area contributed by atoms with Crippen molar-refractivity contribution in [2.45, 2.75) is 66.0 Å². The number of nitrogens with zero attached hydrogens (tertiary/aromatic N) is 1. The summed E-state index contributed by atoms with van der Waals surface area (Å²) in [4.78, 5) is 11.3. The Morgan fingerprint density at radius 1 is 1.00 bits per heavy atom. The molecule has 0 amide bonds. The van der Waals surface area contributed by atoms with Crippen LogP contribution in [0, 0.1) is 10.1 Å². The number of unbranched alkanes of at least 4 members (excludes halogenated alkanes) is 1. The third kappa shape index (κ3) is 8.97. The van der Waals surface area contributed by atoms with Gasteiger partial charge in [-0.05, 0) is 27.2 Å². The van der Waals surface area contributed by atoms with E-state index in [1.807, 2.05) is 27.7 Å². The quantitative estimate of drug-likeness (QED) is 0.0823. The summed E-state index contributed by atoms with van der Waals surface area (Å²) in [5.41, 5.74) is 0.446. The Balaban J connectivity index is 2.78. The summed E-state index contributed by atoms with van der Waals surface area (Å²) in [5.74, 6) is 0.874. The largest absolute Gasteiger partial charge is 0.374 e. The Bertz CT molecular complexity index is 692. The second-order valence-electron chi connectivity index (χ2n) is 7.33. The van der Waals surface area contributed by atoms with Crippen LogP contribution in [0.1, 0.15) is 58.6 Å². The maximum Gasteiger partial charge on any atom is 0.0355 e. The van der Waals surface area contributed by atoms with Gasteiger partial charge < -0.3 is 13.3 Å². The molecule has 1 atom stereocenters. The average molecular weight is 740 g/mol. The van der Waals surface area contributed by atoms with E-state index in [9.17, 15) is 10.1 Å². The number of ether oxygens (including phenoxy) is 3. The number of hydrogen-bond donors (Lipinski definition) is 0. The molecular weight excluding hydrogens is 701 g/mol. The zero-order valence-corrected chi connectivity index (χ0v) is 28.1. The van der Waals surface area contributed by atoms with Crippen molar-refractivity contribution in [3.05, 3.63) is 27.8 Å². The van der Waals surface area contributed by atoms with Crippen molar-refractivity contribution < 1.29 is 32.4 Å². The minimum atomic E-state index is -2.67. The van der Waals surface area contributed by atoms with Crippen LogP contribution in [0.2, 0.25) is 13.0 Å². The van der Waals surface area contributed by atoms with Gasteiger partial charge in [0.2, 0.25) is 0 Å². The molecule has 0 bridgehead atoms. The van der Waals surface area contributed by atoms with Crippen LogP contribution in [0.25, 0.3) is 0 Å². The normalized spacial score (nSPS) is 12.6. The number of hydrogen-bond acceptors (Lipinski definition) is 8. The molecule has 0 N–H and O–H groups in total. The first-order chi connectivity index (χ1) is 15.9. The van der Waals surface area contributed by atoms with Gasteiger partial charge in [0.25, 0.3) is 0 Å². The molecule has 185 valence electrons. The molecule has 0 radical (unpaired) electrons. The van der Waals surface area contributed by atoms with E-state index in [4.69, 9.17) is 27.5 Å². The van der Waals surface area contributed by atoms with Crippen LogP contribution in [-0.4, -0.2) is 53.9 Å². The summed E-state index contributed by atoms with van der Waals surface area (Å²) in [6.07, 6.45) is 2.07. The van der Waals surface area contributed by atoms with Gasteiger partial charge in [0.05, 0.1) is 0 Å². The summed E-state index contributed by atoms with van der Waals surface area (Å²) in [5, 5.41) is 11.7. The number of benzene rings is 1. The van der Waals surface area contributed by atoms with Gasteiger partial charge >= 0.3 is 126 Å². The molecule has 0 aromatic heterocycles. The van der Waals surface area contributed by atoms with Gasteiger partial charge in [-0.25, -0.2) is 0 Å². The second kappa shape index (κ2) is 15.2. The zero-order chi connectivity index (χ0) is 24.7. The summed E-state index contributed by atoms with van der Waals surface area (Å²) in [6, 6.07) is 3.81. The minimum absolute atomic E-state index is 0.0237. The molecule has 0 aliphatic carbocycles. The Morgan fingerprint density at radius 2 is 1.64 bits per heavy atom. The van der Waals surface area contributed by atoms with Crippen molar-refractivity contribution in [3.8, 4) is 11.5 Å². The van der Waals surface area contributed by atoms with E-state index < -0.39 is 19.8 Å². The van der Waals surface area contributed by atoms with Crippen LogP contribution in [0.3, 0.4) is 0 Å². The summed E-state index contributed by atoms with van der Waals surface area (Å²) in [6.45, 7) is 11.4. The molecule has 0 fully saturated rings. The van der Waals surface area contributed by atoms with Crippen LogP contribution in [0.4, 0.5) is 5.69 Å². The zero-order valence-electron chi connectivity index (χ0n) is 20.7. The van der Waals surface area contributed by atoms with Gasteiger partial charge in [-0.1, -0.05) is 0 Å². The molecule has 0 aliphatic rings. The molecule has 1 rings (SSSR count). The van der Waals surface area contributed by atoms with E-state index in [2.05, 4.69) is 0 Å². The predicted octanol–water partition coefficient (Wildman–Crippen LogP) is 5.25. The van der Waals surface area contributed by atoms with Crippen LogP contribution in [-0.2, 0) is 18.0 Å². The molecule has 1 unspecified atom stereocenters. The maximum absolute atomic E-state index is 11.7. The first-order valence-electron chi connectivity index (χ1n) is 11.7. The molecule has 1 aromatic rings. The first-order valence-corrected chi connectivity index (χ1v) is 18.1. The summed E-state index contributed by atoms with van der Waals surface area (Å²) < 4.78 is 35.4. The maximum atomic E-state index is 11.7. The van der Waals surface area contributed by atoms with Crippen molar-refractivity contribution in [1.29, 1.82) is 0 Å². The van der Waals surface area contributed by atoms with E-state index >= 15 is 0 Å². The average Bonchev–Trinajstić information content (AvgIpc) is 2.79. The SMILES string of the molecule is CCO[Si](CCCCOC(C)c1cc(OC)c(OCC[CH2][Rf])cc1[N+](=O)[O-])(OCC)OCC. The van der Waals surface area contributed by atoms with Crippen molar-refractivity contribution >= 4 is 14.5 Å². The Morgan fingerprint density at radius 3 is 2.15 bits per heavy atom. The molecular formula is C22H38NO8RfSi. The molecule has 33 heavy (non-hydrogen) atoms. The Labute approximate surface area is 192 Å². The van der Waals surface area contributed by atoms with Gasteiger partial charge in [-0.3, -0.25) is 0 Å². The third-order valence-corrected chi connectivity index (χ3v) is 10.4. The molecule has 0 aliphatic heterocycles. The van der Waals surface area contributed by atoms with E-state index in [-0.39, 0.29) is 5.69 Å². The van der Waals surface area contributed by atoms with E-state index in [0.29, 0.717) is 56.1 Å². The molecule has 9 nitrogen and oxygen atoms in total. The van der Waals surface area contributed by atoms with E-state index in [0.717, 1.165) is 19.3 Å². The molecule has 0 saturated heterocycles. The Hall–Kier alpha value is -2.72. The van der Waals surface area contributed by atoms with Crippen LogP contribution in [0.5, 0.6) is 11.5 Å². The fraction of sp³-hybridized carbons (Fsp3) is 0.727. The van der Waals surface area contributed by atoms with Crippen LogP contribution >= 0.6 is 0 Å². The number of nitro benzene ring substituents is 1. The molecule has 0 spiro atoms. The van der Waals surface area contributed by atoms with Gasteiger partial charge in [-0.15, -0.1) is 0 Å². The van der Waals surface area contributed by atoms with E-state index in [1.165, 1.54) is 20.1 Å². The van der Waals surface area contributed by atoms with Crippen molar-refractivity contribution in [3.63, 3.8) is 0 Å². The first kappa shape index (κ1) is 28.3. The smallest absolute Gasteiger partial charge is 0.0355 e. The minimum Gasteiger partial charge on any atom is -0.374 e. The number of rotatable bonds is 19. The van der Waals surface area contributed by atoms with Crippen molar-refractivity contribution in [1.82, 2.24) is 0 Å².